The minimum absolute atomic E-state index is 0.171. The Morgan fingerprint density at radius 1 is 1.13 bits per heavy atom. The second-order valence-corrected chi connectivity index (χ2v) is 5.61. The molecule has 3 heteroatoms. The lowest BCUT2D eigenvalue weighted by Gasteiger charge is -2.33. The molecule has 3 rings (SSSR count). The minimum Gasteiger partial charge on any atom is -0.393 e. The maximum Gasteiger partial charge on any atom is 0.223 e. The molecule has 3 unspecified atom stereocenters. The predicted molar refractivity (Wildman–Crippen MR) is 56.1 cm³/mol. The first-order valence-corrected chi connectivity index (χ1v) is 6.21. The average molecular weight is 209 g/mol. The van der Waals surface area contributed by atoms with Crippen molar-refractivity contribution in [3.05, 3.63) is 0 Å². The van der Waals surface area contributed by atoms with Gasteiger partial charge in [-0.05, 0) is 43.9 Å². The lowest BCUT2D eigenvalue weighted by Crippen LogP contribution is -2.49. The molecule has 0 aliphatic heterocycles. The summed E-state index contributed by atoms with van der Waals surface area (Å²) in [6.45, 7) is 0. The van der Waals surface area contributed by atoms with Crippen molar-refractivity contribution in [2.24, 2.45) is 17.8 Å². The number of aliphatic hydroxyl groups excluding tert-OH is 1. The second-order valence-electron chi connectivity index (χ2n) is 5.61. The van der Waals surface area contributed by atoms with Crippen LogP contribution in [0.15, 0.2) is 0 Å². The first-order valence-electron chi connectivity index (χ1n) is 6.21. The van der Waals surface area contributed by atoms with Crippen LogP contribution in [0.4, 0.5) is 0 Å². The van der Waals surface area contributed by atoms with E-state index in [0.29, 0.717) is 11.8 Å². The molecule has 3 fully saturated rings. The molecule has 3 saturated carbocycles. The number of carbonyl (C=O) groups excluding carboxylic acids is 1. The van der Waals surface area contributed by atoms with Crippen LogP contribution >= 0.6 is 0 Å². The van der Waals surface area contributed by atoms with Crippen LogP contribution in [0.1, 0.15) is 38.5 Å². The number of amides is 1. The molecule has 3 aliphatic rings. The van der Waals surface area contributed by atoms with E-state index >= 15 is 0 Å². The number of carbonyl (C=O) groups is 1. The van der Waals surface area contributed by atoms with Crippen molar-refractivity contribution in [3.8, 4) is 0 Å². The molecule has 3 aliphatic carbocycles. The van der Waals surface area contributed by atoms with Gasteiger partial charge < -0.3 is 10.4 Å². The Bertz CT molecular complexity index is 273. The highest BCUT2D eigenvalue weighted by atomic mass is 16.3. The molecular formula is C12H19NO2. The van der Waals surface area contributed by atoms with Crippen LogP contribution in [0.2, 0.25) is 0 Å². The van der Waals surface area contributed by atoms with Gasteiger partial charge in [-0.3, -0.25) is 4.79 Å². The van der Waals surface area contributed by atoms with E-state index < -0.39 is 0 Å². The Morgan fingerprint density at radius 3 is 2.47 bits per heavy atom. The summed E-state index contributed by atoms with van der Waals surface area (Å²) in [7, 11) is 0. The molecule has 84 valence electrons. The second kappa shape index (κ2) is 3.48. The topological polar surface area (TPSA) is 49.3 Å². The largest absolute Gasteiger partial charge is 0.393 e. The van der Waals surface area contributed by atoms with Crippen LogP contribution in [-0.2, 0) is 4.79 Å². The summed E-state index contributed by atoms with van der Waals surface area (Å²) in [6, 6.07) is 0.256. The van der Waals surface area contributed by atoms with Gasteiger partial charge in [0.2, 0.25) is 5.91 Å². The van der Waals surface area contributed by atoms with Gasteiger partial charge in [-0.15, -0.1) is 0 Å². The van der Waals surface area contributed by atoms with Crippen molar-refractivity contribution in [1.82, 2.24) is 5.32 Å². The summed E-state index contributed by atoms with van der Waals surface area (Å²) >= 11 is 0. The molecule has 2 N–H and O–H groups in total. The summed E-state index contributed by atoms with van der Waals surface area (Å²) < 4.78 is 0. The SMILES string of the molecule is O=C(NC1CC(O)C1)C1CC2CCC1C2. The standard InChI is InChI=1S/C12H19NO2/c14-10-5-9(6-10)13-12(15)11-4-7-1-2-8(11)3-7/h7-11,14H,1-6H2,(H,13,15). The van der Waals surface area contributed by atoms with Crippen molar-refractivity contribution in [1.29, 1.82) is 0 Å². The molecule has 15 heavy (non-hydrogen) atoms. The van der Waals surface area contributed by atoms with Crippen LogP contribution in [0.25, 0.3) is 0 Å². The van der Waals surface area contributed by atoms with Crippen molar-refractivity contribution in [3.63, 3.8) is 0 Å². The van der Waals surface area contributed by atoms with Crippen molar-refractivity contribution in [2.45, 2.75) is 50.7 Å². The molecule has 3 nitrogen and oxygen atoms in total. The summed E-state index contributed by atoms with van der Waals surface area (Å²) in [5.74, 6) is 2.05. The van der Waals surface area contributed by atoms with Crippen LogP contribution in [-0.4, -0.2) is 23.2 Å². The van der Waals surface area contributed by atoms with Gasteiger partial charge in [0.05, 0.1) is 6.10 Å². The highest BCUT2D eigenvalue weighted by Gasteiger charge is 2.43. The van der Waals surface area contributed by atoms with Crippen LogP contribution in [0.3, 0.4) is 0 Å². The predicted octanol–water partition coefficient (Wildman–Crippen LogP) is 1.06. The number of rotatable bonds is 2. The number of hydrogen-bond donors (Lipinski definition) is 2. The normalized spacial score (nSPS) is 47.7. The summed E-state index contributed by atoms with van der Waals surface area (Å²) in [5.41, 5.74) is 0. The fourth-order valence-corrected chi connectivity index (χ4v) is 3.58. The number of aliphatic hydroxyl groups is 1. The smallest absolute Gasteiger partial charge is 0.223 e. The third kappa shape index (κ3) is 1.67. The lowest BCUT2D eigenvalue weighted by atomic mass is 9.85. The fourth-order valence-electron chi connectivity index (χ4n) is 3.58. The van der Waals surface area contributed by atoms with Crippen LogP contribution < -0.4 is 5.32 Å². The van der Waals surface area contributed by atoms with E-state index in [4.69, 9.17) is 5.11 Å². The third-order valence-corrected chi connectivity index (χ3v) is 4.53. The Hall–Kier alpha value is -0.570. The van der Waals surface area contributed by atoms with E-state index in [1.165, 1.54) is 19.3 Å². The molecule has 0 aromatic carbocycles. The van der Waals surface area contributed by atoms with Gasteiger partial charge in [-0.2, -0.15) is 0 Å². The zero-order valence-electron chi connectivity index (χ0n) is 8.98. The molecule has 3 atom stereocenters. The fraction of sp³-hybridized carbons (Fsp3) is 0.917. The zero-order valence-corrected chi connectivity index (χ0v) is 8.98. The van der Waals surface area contributed by atoms with Crippen molar-refractivity contribution >= 4 is 5.91 Å². The Morgan fingerprint density at radius 2 is 1.93 bits per heavy atom. The Labute approximate surface area is 90.2 Å². The monoisotopic (exact) mass is 209 g/mol. The van der Waals surface area contributed by atoms with E-state index in [2.05, 4.69) is 5.32 Å². The highest BCUT2D eigenvalue weighted by Crippen LogP contribution is 2.48. The van der Waals surface area contributed by atoms with E-state index in [1.54, 1.807) is 0 Å². The highest BCUT2D eigenvalue weighted by molar-refractivity contribution is 5.79. The molecule has 0 spiro atoms. The molecule has 0 radical (unpaired) electrons. The number of nitrogens with one attached hydrogen (secondary N) is 1. The first kappa shape index (κ1) is 9.64. The molecule has 1 amide bonds. The van der Waals surface area contributed by atoms with Crippen molar-refractivity contribution < 1.29 is 9.90 Å². The van der Waals surface area contributed by atoms with Crippen LogP contribution in [0.5, 0.6) is 0 Å². The molecular weight excluding hydrogens is 190 g/mol. The van der Waals surface area contributed by atoms with Gasteiger partial charge in [0.25, 0.3) is 0 Å². The lowest BCUT2D eigenvalue weighted by molar-refractivity contribution is -0.128. The van der Waals surface area contributed by atoms with Gasteiger partial charge in [0.15, 0.2) is 0 Å². The van der Waals surface area contributed by atoms with E-state index in [0.717, 1.165) is 25.2 Å². The van der Waals surface area contributed by atoms with Gasteiger partial charge in [0, 0.05) is 12.0 Å². The zero-order chi connectivity index (χ0) is 10.4. The van der Waals surface area contributed by atoms with Crippen molar-refractivity contribution in [2.75, 3.05) is 0 Å². The van der Waals surface area contributed by atoms with Gasteiger partial charge in [-0.1, -0.05) is 6.42 Å². The maximum absolute atomic E-state index is 12.0. The quantitative estimate of drug-likeness (QED) is 0.714. The summed E-state index contributed by atoms with van der Waals surface area (Å²) in [6.07, 6.45) is 6.35. The van der Waals surface area contributed by atoms with Gasteiger partial charge in [-0.25, -0.2) is 0 Å². The van der Waals surface area contributed by atoms with Gasteiger partial charge >= 0.3 is 0 Å². The first-order chi connectivity index (χ1) is 7.22. The molecule has 0 aromatic rings. The van der Waals surface area contributed by atoms with E-state index in [1.807, 2.05) is 0 Å². The summed E-state index contributed by atoms with van der Waals surface area (Å²) in [5, 5.41) is 12.2. The minimum atomic E-state index is -0.171. The molecule has 0 saturated heterocycles. The maximum atomic E-state index is 12.0. The van der Waals surface area contributed by atoms with Crippen LogP contribution in [0, 0.1) is 17.8 Å². The van der Waals surface area contributed by atoms with E-state index in [-0.39, 0.29) is 18.1 Å². The molecule has 0 heterocycles. The number of hydrogen-bond acceptors (Lipinski definition) is 2. The molecule has 2 bridgehead atoms. The molecule has 0 aromatic heterocycles. The number of fused-ring (bicyclic) bond motifs is 2. The average Bonchev–Trinajstić information content (AvgIpc) is 2.75. The Balaban J connectivity index is 1.52. The third-order valence-electron chi connectivity index (χ3n) is 4.53. The summed E-state index contributed by atoms with van der Waals surface area (Å²) in [4.78, 5) is 12.0. The van der Waals surface area contributed by atoms with Gasteiger partial charge in [0.1, 0.15) is 0 Å². The van der Waals surface area contributed by atoms with E-state index in [9.17, 15) is 4.79 Å². The Kier molecular flexibility index (Phi) is 2.23.